The van der Waals surface area contributed by atoms with Crippen LogP contribution in [0, 0.1) is 0 Å². The third kappa shape index (κ3) is 4.54. The molecule has 1 saturated heterocycles. The zero-order chi connectivity index (χ0) is 19.9. The van der Waals surface area contributed by atoms with Crippen LogP contribution in [0.1, 0.15) is 10.4 Å². The number of hydrogen-bond acceptors (Lipinski definition) is 6. The molecule has 2 aromatic carbocycles. The standard InChI is InChI=1S/C21H24N2O5/c1-26-17-9-7-16(8-10-17)21(25)28-15-20(24)23-13-11-22(12-14-23)18-5-3-4-6-19(18)27-2/h3-10H,11-15H2,1-2H3. The summed E-state index contributed by atoms with van der Waals surface area (Å²) in [5.74, 6) is 0.751. The molecule has 0 spiro atoms. The van der Waals surface area contributed by atoms with Crippen molar-refractivity contribution in [2.75, 3.05) is 51.9 Å². The van der Waals surface area contributed by atoms with Gasteiger partial charge in [0.2, 0.25) is 0 Å². The van der Waals surface area contributed by atoms with Gasteiger partial charge in [0.05, 0.1) is 25.5 Å². The molecule has 28 heavy (non-hydrogen) atoms. The van der Waals surface area contributed by atoms with Gasteiger partial charge in [-0.25, -0.2) is 4.79 Å². The predicted octanol–water partition coefficient (Wildman–Crippen LogP) is 2.21. The minimum absolute atomic E-state index is 0.193. The predicted molar refractivity (Wildman–Crippen MR) is 105 cm³/mol. The molecule has 0 bridgehead atoms. The van der Waals surface area contributed by atoms with Crippen LogP contribution in [0.15, 0.2) is 48.5 Å². The van der Waals surface area contributed by atoms with E-state index < -0.39 is 5.97 Å². The van der Waals surface area contributed by atoms with Gasteiger partial charge in [0.15, 0.2) is 6.61 Å². The molecule has 0 aliphatic carbocycles. The first kappa shape index (κ1) is 19.5. The molecule has 1 amide bonds. The fourth-order valence-electron chi connectivity index (χ4n) is 3.12. The number of hydrogen-bond donors (Lipinski definition) is 0. The summed E-state index contributed by atoms with van der Waals surface area (Å²) in [5.41, 5.74) is 1.40. The second-order valence-corrected chi connectivity index (χ2v) is 6.34. The fourth-order valence-corrected chi connectivity index (χ4v) is 3.12. The molecule has 0 atom stereocenters. The highest BCUT2D eigenvalue weighted by Gasteiger charge is 2.23. The lowest BCUT2D eigenvalue weighted by Crippen LogP contribution is -2.50. The lowest BCUT2D eigenvalue weighted by molar-refractivity contribution is -0.134. The van der Waals surface area contributed by atoms with Crippen molar-refractivity contribution >= 4 is 17.6 Å². The van der Waals surface area contributed by atoms with Crippen molar-refractivity contribution in [3.63, 3.8) is 0 Å². The van der Waals surface area contributed by atoms with Crippen molar-refractivity contribution < 1.29 is 23.8 Å². The van der Waals surface area contributed by atoms with E-state index in [0.29, 0.717) is 37.5 Å². The Labute approximate surface area is 164 Å². The van der Waals surface area contributed by atoms with Gasteiger partial charge in [-0.3, -0.25) is 4.79 Å². The number of para-hydroxylation sites is 2. The lowest BCUT2D eigenvalue weighted by atomic mass is 10.2. The Kier molecular flexibility index (Phi) is 6.37. The smallest absolute Gasteiger partial charge is 0.338 e. The summed E-state index contributed by atoms with van der Waals surface area (Å²) in [5, 5.41) is 0. The van der Waals surface area contributed by atoms with Gasteiger partial charge in [0.25, 0.3) is 5.91 Å². The number of methoxy groups -OCH3 is 2. The zero-order valence-corrected chi connectivity index (χ0v) is 16.1. The molecule has 0 N–H and O–H groups in total. The number of nitrogens with zero attached hydrogens (tertiary/aromatic N) is 2. The number of carbonyl (C=O) groups is 2. The molecule has 1 aliphatic rings. The topological polar surface area (TPSA) is 68.3 Å². The van der Waals surface area contributed by atoms with Gasteiger partial charge < -0.3 is 24.0 Å². The SMILES string of the molecule is COc1ccc(C(=O)OCC(=O)N2CCN(c3ccccc3OC)CC2)cc1. The molecule has 0 saturated carbocycles. The summed E-state index contributed by atoms with van der Waals surface area (Å²) in [7, 11) is 3.20. The van der Waals surface area contributed by atoms with Crippen LogP contribution in [0.25, 0.3) is 0 Å². The third-order valence-electron chi connectivity index (χ3n) is 4.71. The van der Waals surface area contributed by atoms with Crippen LogP contribution in [0.2, 0.25) is 0 Å². The highest BCUT2D eigenvalue weighted by atomic mass is 16.5. The number of amides is 1. The maximum Gasteiger partial charge on any atom is 0.338 e. The van der Waals surface area contributed by atoms with Crippen molar-refractivity contribution in [3.8, 4) is 11.5 Å². The number of benzene rings is 2. The number of rotatable bonds is 6. The molecular formula is C21H24N2O5. The van der Waals surface area contributed by atoms with Gasteiger partial charge in [-0.1, -0.05) is 12.1 Å². The minimum atomic E-state index is -0.524. The van der Waals surface area contributed by atoms with Crippen LogP contribution in [0.3, 0.4) is 0 Å². The van der Waals surface area contributed by atoms with E-state index >= 15 is 0 Å². The van der Waals surface area contributed by atoms with Gasteiger partial charge in [-0.15, -0.1) is 0 Å². The molecular weight excluding hydrogens is 360 g/mol. The van der Waals surface area contributed by atoms with E-state index in [-0.39, 0.29) is 12.5 Å². The Morgan fingerprint density at radius 2 is 1.57 bits per heavy atom. The average Bonchev–Trinajstić information content (AvgIpc) is 2.77. The first-order chi connectivity index (χ1) is 13.6. The maximum atomic E-state index is 12.4. The van der Waals surface area contributed by atoms with Gasteiger partial charge in [-0.05, 0) is 36.4 Å². The number of anilines is 1. The van der Waals surface area contributed by atoms with E-state index in [0.717, 1.165) is 11.4 Å². The first-order valence-electron chi connectivity index (χ1n) is 9.09. The molecule has 148 valence electrons. The zero-order valence-electron chi connectivity index (χ0n) is 16.1. The van der Waals surface area contributed by atoms with Crippen LogP contribution < -0.4 is 14.4 Å². The summed E-state index contributed by atoms with van der Waals surface area (Å²) in [6, 6.07) is 14.4. The molecule has 7 nitrogen and oxygen atoms in total. The van der Waals surface area contributed by atoms with Gasteiger partial charge in [0, 0.05) is 26.2 Å². The maximum absolute atomic E-state index is 12.4. The van der Waals surface area contributed by atoms with E-state index in [4.69, 9.17) is 14.2 Å². The average molecular weight is 384 g/mol. The van der Waals surface area contributed by atoms with Crippen LogP contribution in [0.5, 0.6) is 11.5 Å². The van der Waals surface area contributed by atoms with Crippen molar-refractivity contribution in [2.24, 2.45) is 0 Å². The van der Waals surface area contributed by atoms with E-state index in [1.54, 1.807) is 43.4 Å². The summed E-state index contributed by atoms with van der Waals surface area (Å²) < 4.78 is 15.6. The minimum Gasteiger partial charge on any atom is -0.497 e. The van der Waals surface area contributed by atoms with E-state index in [1.807, 2.05) is 24.3 Å². The van der Waals surface area contributed by atoms with Crippen molar-refractivity contribution in [2.45, 2.75) is 0 Å². The highest BCUT2D eigenvalue weighted by Crippen LogP contribution is 2.28. The largest absolute Gasteiger partial charge is 0.497 e. The fraction of sp³-hybridized carbons (Fsp3) is 0.333. The molecule has 2 aromatic rings. The Hall–Kier alpha value is -3.22. The quantitative estimate of drug-likeness (QED) is 0.712. The summed E-state index contributed by atoms with van der Waals surface area (Å²) >= 11 is 0. The van der Waals surface area contributed by atoms with Crippen molar-refractivity contribution in [1.29, 1.82) is 0 Å². The number of esters is 1. The molecule has 3 rings (SSSR count). The molecule has 1 aliphatic heterocycles. The van der Waals surface area contributed by atoms with Crippen LogP contribution in [0.4, 0.5) is 5.69 Å². The van der Waals surface area contributed by atoms with E-state index in [9.17, 15) is 9.59 Å². The first-order valence-corrected chi connectivity index (χ1v) is 9.09. The normalized spacial score (nSPS) is 13.8. The lowest BCUT2D eigenvalue weighted by Gasteiger charge is -2.36. The molecule has 1 fully saturated rings. The Bertz CT molecular complexity index is 814. The molecule has 0 aromatic heterocycles. The number of ether oxygens (including phenoxy) is 3. The molecule has 0 radical (unpaired) electrons. The third-order valence-corrected chi connectivity index (χ3v) is 4.71. The second kappa shape index (κ2) is 9.12. The van der Waals surface area contributed by atoms with Crippen LogP contribution >= 0.6 is 0 Å². The number of piperazine rings is 1. The highest BCUT2D eigenvalue weighted by molar-refractivity contribution is 5.91. The van der Waals surface area contributed by atoms with E-state index in [1.165, 1.54) is 0 Å². The van der Waals surface area contributed by atoms with Crippen LogP contribution in [-0.4, -0.2) is 63.8 Å². The van der Waals surface area contributed by atoms with Gasteiger partial charge >= 0.3 is 5.97 Å². The second-order valence-electron chi connectivity index (χ2n) is 6.34. The van der Waals surface area contributed by atoms with Crippen molar-refractivity contribution in [1.82, 2.24) is 4.90 Å². The molecule has 7 heteroatoms. The molecule has 0 unspecified atom stereocenters. The summed E-state index contributed by atoms with van der Waals surface area (Å²) in [4.78, 5) is 28.4. The summed E-state index contributed by atoms with van der Waals surface area (Å²) in [6.45, 7) is 2.25. The number of carbonyl (C=O) groups excluding carboxylic acids is 2. The molecule has 1 heterocycles. The van der Waals surface area contributed by atoms with Crippen molar-refractivity contribution in [3.05, 3.63) is 54.1 Å². The monoisotopic (exact) mass is 384 g/mol. The van der Waals surface area contributed by atoms with Gasteiger partial charge in [0.1, 0.15) is 11.5 Å². The Morgan fingerprint density at radius 3 is 2.21 bits per heavy atom. The summed E-state index contributed by atoms with van der Waals surface area (Å²) in [6.07, 6.45) is 0. The Morgan fingerprint density at radius 1 is 0.893 bits per heavy atom. The Balaban J connectivity index is 1.49. The van der Waals surface area contributed by atoms with Crippen LogP contribution in [-0.2, 0) is 9.53 Å². The van der Waals surface area contributed by atoms with Gasteiger partial charge in [-0.2, -0.15) is 0 Å². The van der Waals surface area contributed by atoms with E-state index in [2.05, 4.69) is 4.90 Å².